The number of phenolic OH excluding ortho intramolecular Hbond substituents is 1. The molecule has 7 rings (SSSR count). The number of phenols is 1. The van der Waals surface area contributed by atoms with Crippen LogP contribution in [0.5, 0.6) is 5.75 Å². The summed E-state index contributed by atoms with van der Waals surface area (Å²) in [5.41, 5.74) is 6.85. The predicted molar refractivity (Wildman–Crippen MR) is 190 cm³/mol. The molecule has 2 aromatic heterocycles. The van der Waals surface area contributed by atoms with E-state index in [0.717, 1.165) is 40.9 Å². The van der Waals surface area contributed by atoms with Gasteiger partial charge in [-0.15, -0.1) is 0 Å². The fraction of sp³-hybridized carbons (Fsp3) is 0.256. The molecule has 50 heavy (non-hydrogen) atoms. The van der Waals surface area contributed by atoms with Crippen molar-refractivity contribution in [3.8, 4) is 11.4 Å². The van der Waals surface area contributed by atoms with E-state index in [1.54, 1.807) is 49.4 Å². The summed E-state index contributed by atoms with van der Waals surface area (Å²) in [4.78, 5) is 32.6. The monoisotopic (exact) mass is 691 g/mol. The molecule has 0 bridgehead atoms. The molecule has 0 radical (unpaired) electrons. The van der Waals surface area contributed by atoms with Gasteiger partial charge in [-0.2, -0.15) is 4.31 Å². The number of nitrogens with zero attached hydrogens (tertiary/aromatic N) is 3. The van der Waals surface area contributed by atoms with Crippen LogP contribution in [0.25, 0.3) is 28.2 Å². The number of pyridine rings is 1. The Hall–Kier alpha value is -5.10. The van der Waals surface area contributed by atoms with Crippen LogP contribution in [0.3, 0.4) is 0 Å². The number of sulfonamides is 1. The number of esters is 1. The first-order valence-corrected chi connectivity index (χ1v) is 18.0. The first-order chi connectivity index (χ1) is 24.1. The Morgan fingerprint density at radius 1 is 0.960 bits per heavy atom. The molecule has 1 fully saturated rings. The van der Waals surface area contributed by atoms with Crippen LogP contribution in [-0.2, 0) is 25.9 Å². The number of ether oxygens (including phenoxy) is 2. The minimum Gasteiger partial charge on any atom is -0.508 e. The fourth-order valence-corrected chi connectivity index (χ4v) is 8.37. The lowest BCUT2D eigenvalue weighted by molar-refractivity contribution is 0.0475. The van der Waals surface area contributed by atoms with E-state index in [-0.39, 0.29) is 16.4 Å². The SMILES string of the molecule is Cc1cc(C(=O)COC(=O)c2c3c(nc4ccccc24)/C(=C\c2ccc(O)cc2)CCC3)c(C)n1-c1cccc(S(=O)(=O)N2CCOCC2)c1. The smallest absolute Gasteiger partial charge is 0.339 e. The summed E-state index contributed by atoms with van der Waals surface area (Å²) in [6.45, 7) is 4.46. The quantitative estimate of drug-likeness (QED) is 0.149. The molecule has 5 aromatic rings. The predicted octanol–water partition coefficient (Wildman–Crippen LogP) is 6.29. The number of rotatable bonds is 8. The van der Waals surface area contributed by atoms with Crippen LogP contribution in [-0.4, -0.2) is 72.0 Å². The number of aromatic nitrogens is 2. The second-order valence-corrected chi connectivity index (χ2v) is 14.5. The number of allylic oxidation sites excluding steroid dienone is 1. The highest BCUT2D eigenvalue weighted by Gasteiger charge is 2.29. The molecule has 11 heteroatoms. The Morgan fingerprint density at radius 2 is 1.72 bits per heavy atom. The van der Waals surface area contributed by atoms with Crippen LogP contribution >= 0.6 is 0 Å². The van der Waals surface area contributed by atoms with Crippen molar-refractivity contribution in [2.75, 3.05) is 32.9 Å². The van der Waals surface area contributed by atoms with Crippen LogP contribution in [0, 0.1) is 13.8 Å². The maximum Gasteiger partial charge on any atom is 0.339 e. The molecular formula is C39H37N3O7S. The lowest BCUT2D eigenvalue weighted by atomic mass is 9.86. The number of hydrogen-bond acceptors (Lipinski definition) is 8. The summed E-state index contributed by atoms with van der Waals surface area (Å²) >= 11 is 0. The van der Waals surface area contributed by atoms with Gasteiger partial charge in [0.1, 0.15) is 5.75 Å². The summed E-state index contributed by atoms with van der Waals surface area (Å²) in [6.07, 6.45) is 4.27. The number of fused-ring (bicyclic) bond motifs is 2. The zero-order chi connectivity index (χ0) is 35.0. The molecule has 0 unspecified atom stereocenters. The van der Waals surface area contributed by atoms with Crippen LogP contribution in [0.2, 0.25) is 0 Å². The lowest BCUT2D eigenvalue weighted by Crippen LogP contribution is -2.40. The number of carbonyl (C=O) groups is 2. The minimum absolute atomic E-state index is 0.167. The molecule has 1 aliphatic carbocycles. The molecule has 1 saturated heterocycles. The van der Waals surface area contributed by atoms with Crippen molar-refractivity contribution < 1.29 is 32.6 Å². The Labute approximate surface area is 290 Å². The van der Waals surface area contributed by atoms with E-state index in [2.05, 4.69) is 0 Å². The Morgan fingerprint density at radius 3 is 2.50 bits per heavy atom. The van der Waals surface area contributed by atoms with Gasteiger partial charge in [-0.25, -0.2) is 18.2 Å². The summed E-state index contributed by atoms with van der Waals surface area (Å²) in [5, 5.41) is 10.4. The zero-order valence-corrected chi connectivity index (χ0v) is 28.7. The van der Waals surface area contributed by atoms with Crippen LogP contribution in [0.4, 0.5) is 0 Å². The van der Waals surface area contributed by atoms with Gasteiger partial charge in [0.05, 0.1) is 34.9 Å². The van der Waals surface area contributed by atoms with Gasteiger partial charge in [0, 0.05) is 41.1 Å². The van der Waals surface area contributed by atoms with Crippen molar-refractivity contribution in [2.24, 2.45) is 0 Å². The molecule has 1 aliphatic heterocycles. The Kier molecular flexibility index (Phi) is 9.13. The third-order valence-electron chi connectivity index (χ3n) is 9.36. The third kappa shape index (κ3) is 6.35. The van der Waals surface area contributed by atoms with Crippen molar-refractivity contribution in [3.05, 3.63) is 118 Å². The minimum atomic E-state index is -3.72. The molecule has 2 aliphatic rings. The van der Waals surface area contributed by atoms with Gasteiger partial charge in [-0.1, -0.05) is 36.4 Å². The summed E-state index contributed by atoms with van der Waals surface area (Å²) in [7, 11) is -3.72. The molecule has 0 spiro atoms. The van der Waals surface area contributed by atoms with E-state index in [1.807, 2.05) is 54.0 Å². The van der Waals surface area contributed by atoms with E-state index in [0.29, 0.717) is 66.1 Å². The number of aryl methyl sites for hydroxylation is 1. The standard InChI is InChI=1S/C39H37N3O7S/c1-25-21-34(26(2)42(25)29-8-6-9-31(23-29)50(46,47)41-17-19-48-20-18-41)36(44)24-49-39(45)37-32-10-3-4-12-35(32)40-38-28(7-5-11-33(37)38)22-27-13-15-30(43)16-14-27/h3-4,6,8-10,12-16,21-23,43H,5,7,11,17-20,24H2,1-2H3/b28-22-. The first kappa shape index (κ1) is 33.4. The number of Topliss-reactive ketones (excluding diaryl/α,β-unsaturated/α-hetero) is 1. The van der Waals surface area contributed by atoms with Gasteiger partial charge in [0.2, 0.25) is 15.8 Å². The van der Waals surface area contributed by atoms with E-state index < -0.39 is 22.6 Å². The van der Waals surface area contributed by atoms with Gasteiger partial charge in [-0.05, 0) is 98.4 Å². The van der Waals surface area contributed by atoms with Crippen LogP contribution < -0.4 is 0 Å². The van der Waals surface area contributed by atoms with Gasteiger partial charge >= 0.3 is 5.97 Å². The Balaban J connectivity index is 1.15. The van der Waals surface area contributed by atoms with Crippen molar-refractivity contribution in [3.63, 3.8) is 0 Å². The average Bonchev–Trinajstić information content (AvgIpc) is 3.44. The number of ketones is 1. The van der Waals surface area contributed by atoms with Gasteiger partial charge in [0.25, 0.3) is 0 Å². The van der Waals surface area contributed by atoms with E-state index in [1.165, 1.54) is 4.31 Å². The Bertz CT molecular complexity index is 2270. The molecule has 0 saturated carbocycles. The molecule has 3 heterocycles. The number of para-hydroxylation sites is 1. The number of aromatic hydroxyl groups is 1. The topological polar surface area (TPSA) is 128 Å². The molecule has 10 nitrogen and oxygen atoms in total. The number of morpholine rings is 1. The van der Waals surface area contributed by atoms with E-state index in [4.69, 9.17) is 14.5 Å². The number of benzene rings is 3. The largest absolute Gasteiger partial charge is 0.508 e. The highest BCUT2D eigenvalue weighted by molar-refractivity contribution is 7.89. The van der Waals surface area contributed by atoms with Gasteiger partial charge < -0.3 is 19.1 Å². The van der Waals surface area contributed by atoms with Crippen LogP contribution in [0.15, 0.2) is 83.8 Å². The molecule has 0 atom stereocenters. The fourth-order valence-electron chi connectivity index (χ4n) is 6.92. The maximum absolute atomic E-state index is 13.9. The number of hydrogen-bond donors (Lipinski definition) is 1. The first-order valence-electron chi connectivity index (χ1n) is 16.6. The lowest BCUT2D eigenvalue weighted by Gasteiger charge is -2.26. The molecule has 256 valence electrons. The number of carbonyl (C=O) groups excluding carboxylic acids is 2. The van der Waals surface area contributed by atoms with Gasteiger partial charge in [0.15, 0.2) is 6.61 Å². The highest BCUT2D eigenvalue weighted by atomic mass is 32.2. The van der Waals surface area contributed by atoms with Gasteiger partial charge in [-0.3, -0.25) is 4.79 Å². The maximum atomic E-state index is 13.9. The zero-order valence-electron chi connectivity index (χ0n) is 27.9. The molecule has 3 aromatic carbocycles. The van der Waals surface area contributed by atoms with Crippen molar-refractivity contribution in [2.45, 2.75) is 38.0 Å². The highest BCUT2D eigenvalue weighted by Crippen LogP contribution is 2.37. The van der Waals surface area contributed by atoms with Crippen molar-refractivity contribution in [1.82, 2.24) is 13.9 Å². The van der Waals surface area contributed by atoms with E-state index in [9.17, 15) is 23.1 Å². The molecule has 1 N–H and O–H groups in total. The average molecular weight is 692 g/mol. The summed E-state index contributed by atoms with van der Waals surface area (Å²) in [5.74, 6) is -0.769. The molecular weight excluding hydrogens is 655 g/mol. The third-order valence-corrected chi connectivity index (χ3v) is 11.3. The van der Waals surface area contributed by atoms with Crippen molar-refractivity contribution >= 4 is 44.3 Å². The second kappa shape index (κ2) is 13.7. The molecule has 0 amide bonds. The van der Waals surface area contributed by atoms with Crippen LogP contribution in [0.1, 0.15) is 61.8 Å². The second-order valence-electron chi connectivity index (χ2n) is 12.6. The van der Waals surface area contributed by atoms with E-state index >= 15 is 0 Å². The summed E-state index contributed by atoms with van der Waals surface area (Å²) < 4.78 is 41.0. The van der Waals surface area contributed by atoms with Crippen molar-refractivity contribution in [1.29, 1.82) is 0 Å². The normalized spacial score (nSPS) is 16.0. The summed E-state index contributed by atoms with van der Waals surface area (Å²) in [6, 6.07) is 22.8.